The Morgan fingerprint density at radius 3 is 2.25 bits per heavy atom. The van der Waals surface area contributed by atoms with Crippen molar-refractivity contribution in [2.24, 2.45) is 0 Å². The van der Waals surface area contributed by atoms with Crippen LogP contribution in [0.4, 0.5) is 17.3 Å². The minimum Gasteiger partial charge on any atom is -0.306 e. The van der Waals surface area contributed by atoms with Gasteiger partial charge in [0, 0.05) is 31.5 Å². The number of aromatic nitrogens is 2. The number of amides is 1. The molecule has 1 amide bonds. The third-order valence-corrected chi connectivity index (χ3v) is 7.45. The van der Waals surface area contributed by atoms with E-state index in [2.05, 4.69) is 4.98 Å². The van der Waals surface area contributed by atoms with Crippen molar-refractivity contribution in [3.63, 3.8) is 0 Å². The molecule has 1 aromatic heterocycles. The van der Waals surface area contributed by atoms with Crippen LogP contribution in [0.25, 0.3) is 22.4 Å². The molecule has 1 unspecified atom stereocenters. The molecule has 3 aromatic carbocycles. The van der Waals surface area contributed by atoms with Crippen LogP contribution < -0.4 is 9.80 Å². The fourth-order valence-electron chi connectivity index (χ4n) is 4.62. The Morgan fingerprint density at radius 1 is 0.889 bits per heavy atom. The predicted molar refractivity (Wildman–Crippen MR) is 142 cm³/mol. The first-order valence-corrected chi connectivity index (χ1v) is 13.5. The van der Waals surface area contributed by atoms with Crippen molar-refractivity contribution < 1.29 is 13.2 Å². The van der Waals surface area contributed by atoms with E-state index >= 15 is 0 Å². The van der Waals surface area contributed by atoms with Crippen molar-refractivity contribution in [3.05, 3.63) is 85.1 Å². The van der Waals surface area contributed by atoms with Gasteiger partial charge in [-0.1, -0.05) is 48.5 Å². The summed E-state index contributed by atoms with van der Waals surface area (Å²) in [4.78, 5) is 26.1. The second kappa shape index (κ2) is 9.20. The first kappa shape index (κ1) is 23.7. The lowest BCUT2D eigenvalue weighted by Crippen LogP contribution is -2.48. The number of benzene rings is 3. The van der Waals surface area contributed by atoms with Crippen molar-refractivity contribution >= 4 is 33.1 Å². The lowest BCUT2D eigenvalue weighted by atomic mass is 10.0. The van der Waals surface area contributed by atoms with Crippen molar-refractivity contribution in [1.82, 2.24) is 9.97 Å². The second-order valence-corrected chi connectivity index (χ2v) is 11.0. The predicted octanol–water partition coefficient (Wildman–Crippen LogP) is 5.11. The van der Waals surface area contributed by atoms with E-state index in [0.717, 1.165) is 33.8 Å². The van der Waals surface area contributed by atoms with E-state index in [4.69, 9.17) is 4.98 Å². The molecule has 4 aromatic rings. The molecule has 7 nitrogen and oxygen atoms in total. The molecule has 0 saturated heterocycles. The van der Waals surface area contributed by atoms with Gasteiger partial charge in [-0.2, -0.15) is 0 Å². The largest absolute Gasteiger partial charge is 0.306 e. The standard InChI is InChI=1S/C28H26N4O3S/c1-19-18-31(28-29-16-15-25(30-28)22-7-5-4-6-8-22)27-17-23(11-14-26(27)32(19)20(2)33)21-9-12-24(13-10-21)36(3,34)35/h4-17,19H,18H2,1-3H3. The summed E-state index contributed by atoms with van der Waals surface area (Å²) in [6.07, 6.45) is 2.94. The molecule has 1 atom stereocenters. The Bertz CT molecular complexity index is 1540. The van der Waals surface area contributed by atoms with Gasteiger partial charge >= 0.3 is 0 Å². The third kappa shape index (κ3) is 4.47. The number of carbonyl (C=O) groups excluding carboxylic acids is 1. The van der Waals surface area contributed by atoms with Gasteiger partial charge in [0.25, 0.3) is 0 Å². The van der Waals surface area contributed by atoms with Crippen LogP contribution in [0.5, 0.6) is 0 Å². The molecule has 2 heterocycles. The minimum atomic E-state index is -3.28. The van der Waals surface area contributed by atoms with Crippen molar-refractivity contribution in [2.45, 2.75) is 24.8 Å². The average Bonchev–Trinajstić information content (AvgIpc) is 2.88. The van der Waals surface area contributed by atoms with E-state index in [0.29, 0.717) is 12.5 Å². The van der Waals surface area contributed by atoms with Crippen LogP contribution in [0.1, 0.15) is 13.8 Å². The van der Waals surface area contributed by atoms with E-state index in [1.54, 1.807) is 42.3 Å². The number of rotatable bonds is 4. The Morgan fingerprint density at radius 2 is 1.58 bits per heavy atom. The van der Waals surface area contributed by atoms with Gasteiger partial charge in [-0.15, -0.1) is 0 Å². The molecular weight excluding hydrogens is 472 g/mol. The zero-order valence-electron chi connectivity index (χ0n) is 20.3. The first-order chi connectivity index (χ1) is 17.2. The van der Waals surface area contributed by atoms with E-state index < -0.39 is 9.84 Å². The van der Waals surface area contributed by atoms with E-state index in [9.17, 15) is 13.2 Å². The summed E-state index contributed by atoms with van der Waals surface area (Å²) >= 11 is 0. The summed E-state index contributed by atoms with van der Waals surface area (Å²) in [6.45, 7) is 4.11. The zero-order valence-corrected chi connectivity index (χ0v) is 21.1. The third-order valence-electron chi connectivity index (χ3n) is 6.32. The topological polar surface area (TPSA) is 83.5 Å². The molecule has 0 radical (unpaired) electrons. The number of anilines is 3. The summed E-state index contributed by atoms with van der Waals surface area (Å²) < 4.78 is 23.7. The van der Waals surface area contributed by atoms with Gasteiger partial charge in [0.1, 0.15) is 0 Å². The molecular formula is C28H26N4O3S. The van der Waals surface area contributed by atoms with Crippen LogP contribution in [0.2, 0.25) is 0 Å². The number of carbonyl (C=O) groups is 1. The summed E-state index contributed by atoms with van der Waals surface area (Å²) in [5.74, 6) is 0.518. The Kier molecular flexibility index (Phi) is 6.05. The van der Waals surface area contributed by atoms with Crippen molar-refractivity contribution in [1.29, 1.82) is 0 Å². The summed E-state index contributed by atoms with van der Waals surface area (Å²) in [5, 5.41) is 0. The normalized spacial score (nSPS) is 15.5. The quantitative estimate of drug-likeness (QED) is 0.389. The Hall–Kier alpha value is -4.04. The number of nitrogens with zero attached hydrogens (tertiary/aromatic N) is 4. The van der Waals surface area contributed by atoms with Gasteiger partial charge in [-0.3, -0.25) is 4.79 Å². The molecule has 8 heteroatoms. The molecule has 0 aliphatic carbocycles. The Balaban J connectivity index is 1.62. The fourth-order valence-corrected chi connectivity index (χ4v) is 5.25. The summed E-state index contributed by atoms with van der Waals surface area (Å²) in [7, 11) is -3.28. The maximum Gasteiger partial charge on any atom is 0.230 e. The van der Waals surface area contributed by atoms with Crippen LogP contribution in [-0.4, -0.2) is 43.1 Å². The van der Waals surface area contributed by atoms with E-state index in [-0.39, 0.29) is 16.8 Å². The number of hydrogen-bond acceptors (Lipinski definition) is 6. The number of hydrogen-bond donors (Lipinski definition) is 0. The Labute approximate surface area is 211 Å². The van der Waals surface area contributed by atoms with Gasteiger partial charge in [0.2, 0.25) is 11.9 Å². The smallest absolute Gasteiger partial charge is 0.230 e. The highest BCUT2D eigenvalue weighted by atomic mass is 32.2. The SMILES string of the molecule is CC(=O)N1c2ccc(-c3ccc(S(C)(=O)=O)cc3)cc2N(c2nccc(-c3ccccc3)n2)CC1C. The molecule has 36 heavy (non-hydrogen) atoms. The van der Waals surface area contributed by atoms with E-state index in [1.165, 1.54) is 6.26 Å². The number of sulfone groups is 1. The van der Waals surface area contributed by atoms with Gasteiger partial charge < -0.3 is 9.80 Å². The summed E-state index contributed by atoms with van der Waals surface area (Å²) in [6, 6.07) is 24.4. The maximum absolute atomic E-state index is 12.6. The molecule has 0 saturated carbocycles. The monoisotopic (exact) mass is 498 g/mol. The fraction of sp³-hybridized carbons (Fsp3) is 0.179. The molecule has 0 fully saturated rings. The van der Waals surface area contributed by atoms with Gasteiger partial charge in [-0.25, -0.2) is 18.4 Å². The highest BCUT2D eigenvalue weighted by Crippen LogP contribution is 2.41. The van der Waals surface area contributed by atoms with Crippen LogP contribution in [0.15, 0.2) is 90.0 Å². The van der Waals surface area contributed by atoms with Crippen LogP contribution in [0.3, 0.4) is 0 Å². The van der Waals surface area contributed by atoms with Gasteiger partial charge in [0.15, 0.2) is 9.84 Å². The molecule has 0 bridgehead atoms. The van der Waals surface area contributed by atoms with Crippen molar-refractivity contribution in [3.8, 4) is 22.4 Å². The van der Waals surface area contributed by atoms with Crippen LogP contribution in [0, 0.1) is 0 Å². The molecule has 0 N–H and O–H groups in total. The molecule has 1 aliphatic heterocycles. The maximum atomic E-state index is 12.6. The lowest BCUT2D eigenvalue weighted by Gasteiger charge is -2.41. The van der Waals surface area contributed by atoms with E-state index in [1.807, 2.05) is 66.4 Å². The van der Waals surface area contributed by atoms with Crippen LogP contribution in [-0.2, 0) is 14.6 Å². The lowest BCUT2D eigenvalue weighted by molar-refractivity contribution is -0.117. The van der Waals surface area contributed by atoms with Gasteiger partial charge in [-0.05, 0) is 48.4 Å². The van der Waals surface area contributed by atoms with Gasteiger partial charge in [0.05, 0.1) is 28.0 Å². The summed E-state index contributed by atoms with van der Waals surface area (Å²) in [5.41, 5.74) is 5.19. The highest BCUT2D eigenvalue weighted by molar-refractivity contribution is 7.90. The molecule has 1 aliphatic rings. The minimum absolute atomic E-state index is 0.0346. The molecule has 0 spiro atoms. The molecule has 5 rings (SSSR count). The highest BCUT2D eigenvalue weighted by Gasteiger charge is 2.32. The zero-order chi connectivity index (χ0) is 25.4. The first-order valence-electron chi connectivity index (χ1n) is 11.6. The van der Waals surface area contributed by atoms with Crippen molar-refractivity contribution in [2.75, 3.05) is 22.6 Å². The second-order valence-electron chi connectivity index (χ2n) is 8.96. The molecule has 182 valence electrons. The van der Waals surface area contributed by atoms with Crippen LogP contribution >= 0.6 is 0 Å². The number of fused-ring (bicyclic) bond motifs is 1. The average molecular weight is 499 g/mol.